The molecule has 20 heavy (non-hydrogen) atoms. The zero-order valence-electron chi connectivity index (χ0n) is 11.3. The highest BCUT2D eigenvalue weighted by Gasteiger charge is 2.24. The molecule has 0 fully saturated rings. The van der Waals surface area contributed by atoms with Crippen LogP contribution in [0.25, 0.3) is 0 Å². The van der Waals surface area contributed by atoms with Crippen LogP contribution in [0.1, 0.15) is 12.0 Å². The Morgan fingerprint density at radius 1 is 1.40 bits per heavy atom. The van der Waals surface area contributed by atoms with Crippen LogP contribution in [0.3, 0.4) is 0 Å². The van der Waals surface area contributed by atoms with Gasteiger partial charge in [0.1, 0.15) is 11.1 Å². The third-order valence-corrected chi connectivity index (χ3v) is 3.88. The molecule has 3 heterocycles. The highest BCUT2D eigenvalue weighted by Crippen LogP contribution is 2.23. The summed E-state index contributed by atoms with van der Waals surface area (Å²) in [5, 5.41) is 4.21. The van der Waals surface area contributed by atoms with E-state index < -0.39 is 0 Å². The van der Waals surface area contributed by atoms with Crippen molar-refractivity contribution < 1.29 is 4.74 Å². The quantitative estimate of drug-likeness (QED) is 0.805. The summed E-state index contributed by atoms with van der Waals surface area (Å²) in [5.41, 5.74) is 0.895. The van der Waals surface area contributed by atoms with Gasteiger partial charge in [-0.3, -0.25) is 4.68 Å². The van der Waals surface area contributed by atoms with E-state index in [1.165, 1.54) is 0 Å². The van der Waals surface area contributed by atoms with E-state index in [-0.39, 0.29) is 6.10 Å². The molecule has 104 valence electrons. The van der Waals surface area contributed by atoms with Crippen molar-refractivity contribution in [1.82, 2.24) is 19.7 Å². The van der Waals surface area contributed by atoms with Crippen LogP contribution >= 0.6 is 12.2 Å². The number of hydrogen-bond acceptors (Lipinski definition) is 4. The van der Waals surface area contributed by atoms with E-state index >= 15 is 0 Å². The minimum atomic E-state index is 0.0540. The van der Waals surface area contributed by atoms with Crippen molar-refractivity contribution in [2.45, 2.75) is 19.1 Å². The third kappa shape index (κ3) is 2.65. The second-order valence-electron chi connectivity index (χ2n) is 4.84. The van der Waals surface area contributed by atoms with Crippen LogP contribution in [-0.4, -0.2) is 44.3 Å². The van der Waals surface area contributed by atoms with Gasteiger partial charge < -0.3 is 9.64 Å². The molecular formula is C14H16N4OS. The summed E-state index contributed by atoms with van der Waals surface area (Å²) in [5.74, 6) is 0.632. The normalized spacial score (nSPS) is 18.4. The predicted octanol–water partition coefficient (Wildman–Crippen LogP) is 1.74. The smallest absolute Gasteiger partial charge is 0.224 e. The van der Waals surface area contributed by atoms with Gasteiger partial charge in [-0.15, -0.1) is 0 Å². The van der Waals surface area contributed by atoms with E-state index in [9.17, 15) is 0 Å². The summed E-state index contributed by atoms with van der Waals surface area (Å²) in [4.78, 5) is 7.14. The summed E-state index contributed by atoms with van der Waals surface area (Å²) in [6.07, 6.45) is 6.39. The SMILES string of the molecule is CN1CC(CCn2cccn2)Oc2ncccc2C1=S. The second kappa shape index (κ2) is 5.58. The lowest BCUT2D eigenvalue weighted by atomic mass is 10.2. The molecule has 1 aliphatic heterocycles. The number of ether oxygens (including phenoxy) is 1. The van der Waals surface area contributed by atoms with Gasteiger partial charge in [0.15, 0.2) is 0 Å². The van der Waals surface area contributed by atoms with E-state index in [0.29, 0.717) is 5.88 Å². The van der Waals surface area contributed by atoms with Gasteiger partial charge in [0.25, 0.3) is 0 Å². The predicted molar refractivity (Wildman–Crippen MR) is 79.8 cm³/mol. The maximum atomic E-state index is 6.01. The number of pyridine rings is 1. The zero-order valence-corrected chi connectivity index (χ0v) is 12.1. The minimum absolute atomic E-state index is 0.0540. The molecule has 1 aliphatic rings. The van der Waals surface area contributed by atoms with Gasteiger partial charge in [-0.1, -0.05) is 12.2 Å². The summed E-state index contributed by atoms with van der Waals surface area (Å²) >= 11 is 5.48. The van der Waals surface area contributed by atoms with Gasteiger partial charge in [-0.2, -0.15) is 5.10 Å². The molecule has 0 bridgehead atoms. The molecule has 0 saturated heterocycles. The van der Waals surface area contributed by atoms with Crippen molar-refractivity contribution in [3.05, 3.63) is 42.4 Å². The number of fused-ring (bicyclic) bond motifs is 1. The molecule has 2 aromatic heterocycles. The van der Waals surface area contributed by atoms with Gasteiger partial charge >= 0.3 is 0 Å². The van der Waals surface area contributed by atoms with E-state index in [1.54, 1.807) is 12.4 Å². The van der Waals surface area contributed by atoms with E-state index in [4.69, 9.17) is 17.0 Å². The molecule has 0 amide bonds. The summed E-state index contributed by atoms with van der Waals surface area (Å²) in [6.45, 7) is 1.58. The number of aromatic nitrogens is 3. The van der Waals surface area contributed by atoms with Crippen molar-refractivity contribution >= 4 is 17.2 Å². The first kappa shape index (κ1) is 13.1. The fourth-order valence-electron chi connectivity index (χ4n) is 2.30. The number of rotatable bonds is 3. The van der Waals surface area contributed by atoms with Gasteiger partial charge in [0.05, 0.1) is 12.1 Å². The largest absolute Gasteiger partial charge is 0.472 e. The highest BCUT2D eigenvalue weighted by molar-refractivity contribution is 7.80. The van der Waals surface area contributed by atoms with Crippen LogP contribution < -0.4 is 4.74 Å². The Morgan fingerprint density at radius 2 is 2.30 bits per heavy atom. The molecule has 0 N–H and O–H groups in total. The maximum absolute atomic E-state index is 6.01. The molecule has 1 atom stereocenters. The standard InChI is InChI=1S/C14H16N4OS/c1-17-10-11(5-9-18-8-3-7-16-18)19-13-12(14(17)20)4-2-6-15-13/h2-4,6-8,11H,5,9-10H2,1H3. The Labute approximate surface area is 123 Å². The Balaban J connectivity index is 1.76. The van der Waals surface area contributed by atoms with Gasteiger partial charge in [-0.05, 0) is 18.2 Å². The molecule has 0 aromatic carbocycles. The number of aryl methyl sites for hydroxylation is 1. The Morgan fingerprint density at radius 3 is 3.10 bits per heavy atom. The van der Waals surface area contributed by atoms with E-state index in [0.717, 1.165) is 30.1 Å². The summed E-state index contributed by atoms with van der Waals surface area (Å²) in [6, 6.07) is 5.76. The molecule has 3 rings (SSSR count). The van der Waals surface area contributed by atoms with Gasteiger partial charge in [0.2, 0.25) is 5.88 Å². The van der Waals surface area contributed by atoms with Crippen molar-refractivity contribution in [2.24, 2.45) is 0 Å². The van der Waals surface area contributed by atoms with Crippen molar-refractivity contribution in [3.8, 4) is 5.88 Å². The summed E-state index contributed by atoms with van der Waals surface area (Å²) in [7, 11) is 1.99. The van der Waals surface area contributed by atoms with Crippen LogP contribution in [-0.2, 0) is 6.54 Å². The number of likely N-dealkylation sites (N-methyl/N-ethyl adjacent to an activating group) is 1. The molecule has 0 radical (unpaired) electrons. The Hall–Kier alpha value is -1.95. The van der Waals surface area contributed by atoms with Crippen molar-refractivity contribution in [2.75, 3.05) is 13.6 Å². The Bertz CT molecular complexity index is 599. The van der Waals surface area contributed by atoms with Crippen LogP contribution in [0.15, 0.2) is 36.8 Å². The van der Waals surface area contributed by atoms with E-state index in [1.807, 2.05) is 36.1 Å². The minimum Gasteiger partial charge on any atom is -0.472 e. The van der Waals surface area contributed by atoms with E-state index in [2.05, 4.69) is 15.0 Å². The molecule has 0 saturated carbocycles. The molecule has 5 nitrogen and oxygen atoms in total. The van der Waals surface area contributed by atoms with Crippen LogP contribution in [0.2, 0.25) is 0 Å². The molecule has 1 unspecified atom stereocenters. The van der Waals surface area contributed by atoms with Crippen molar-refractivity contribution in [1.29, 1.82) is 0 Å². The topological polar surface area (TPSA) is 43.2 Å². The fraction of sp³-hybridized carbons (Fsp3) is 0.357. The second-order valence-corrected chi connectivity index (χ2v) is 5.23. The van der Waals surface area contributed by atoms with Gasteiger partial charge in [0, 0.05) is 38.6 Å². The molecule has 0 spiro atoms. The van der Waals surface area contributed by atoms with Crippen LogP contribution in [0, 0.1) is 0 Å². The first-order chi connectivity index (χ1) is 9.74. The molecular weight excluding hydrogens is 272 g/mol. The molecule has 0 aliphatic carbocycles. The van der Waals surface area contributed by atoms with Crippen LogP contribution in [0.4, 0.5) is 0 Å². The number of thiocarbonyl (C=S) groups is 1. The monoisotopic (exact) mass is 288 g/mol. The average molecular weight is 288 g/mol. The summed E-state index contributed by atoms with van der Waals surface area (Å²) < 4.78 is 7.92. The lowest BCUT2D eigenvalue weighted by Crippen LogP contribution is -2.34. The first-order valence-corrected chi connectivity index (χ1v) is 6.99. The van der Waals surface area contributed by atoms with Gasteiger partial charge in [-0.25, -0.2) is 4.98 Å². The lowest BCUT2D eigenvalue weighted by Gasteiger charge is -2.21. The molecule has 6 heteroatoms. The number of nitrogens with zero attached hydrogens (tertiary/aromatic N) is 4. The van der Waals surface area contributed by atoms with Crippen LogP contribution in [0.5, 0.6) is 5.88 Å². The zero-order chi connectivity index (χ0) is 13.9. The maximum Gasteiger partial charge on any atom is 0.224 e. The molecule has 2 aromatic rings. The number of hydrogen-bond donors (Lipinski definition) is 0. The van der Waals surface area contributed by atoms with Crippen molar-refractivity contribution in [3.63, 3.8) is 0 Å². The Kier molecular flexibility index (Phi) is 3.64. The highest BCUT2D eigenvalue weighted by atomic mass is 32.1. The lowest BCUT2D eigenvalue weighted by molar-refractivity contribution is 0.159. The fourth-order valence-corrected chi connectivity index (χ4v) is 2.53. The first-order valence-electron chi connectivity index (χ1n) is 6.58. The average Bonchev–Trinajstić information content (AvgIpc) is 2.94. The third-order valence-electron chi connectivity index (χ3n) is 3.34.